The number of aromatic amines is 1. The Hall–Kier alpha value is -2.73. The van der Waals surface area contributed by atoms with Gasteiger partial charge >= 0.3 is 0 Å². The lowest BCUT2D eigenvalue weighted by molar-refractivity contribution is 0.344. The summed E-state index contributed by atoms with van der Waals surface area (Å²) in [6.07, 6.45) is 4.80. The number of ether oxygens (including phenoxy) is 2. The molecule has 4 heterocycles. The van der Waals surface area contributed by atoms with Crippen molar-refractivity contribution in [1.29, 1.82) is 0 Å². The third-order valence-corrected chi connectivity index (χ3v) is 4.76. The van der Waals surface area contributed by atoms with E-state index in [0.717, 1.165) is 46.3 Å². The van der Waals surface area contributed by atoms with E-state index in [1.807, 2.05) is 12.1 Å². The maximum atomic E-state index is 6.30. The first kappa shape index (κ1) is 16.7. The van der Waals surface area contributed by atoms with Crippen molar-refractivity contribution in [3.8, 4) is 22.9 Å². The second-order valence-electron chi connectivity index (χ2n) is 6.04. The molecule has 26 heavy (non-hydrogen) atoms. The molecule has 0 saturated heterocycles. The van der Waals surface area contributed by atoms with Gasteiger partial charge < -0.3 is 19.0 Å². The topological polar surface area (TPSA) is 65.0 Å². The molecule has 0 saturated carbocycles. The van der Waals surface area contributed by atoms with Crippen LogP contribution in [-0.2, 0) is 6.54 Å². The van der Waals surface area contributed by atoms with E-state index in [1.165, 1.54) is 0 Å². The fraction of sp³-hybridized carbons (Fsp3) is 0.263. The quantitative estimate of drug-likeness (QED) is 0.555. The molecule has 4 aromatic heterocycles. The fourth-order valence-electron chi connectivity index (χ4n) is 3.23. The minimum Gasteiger partial charge on any atom is -0.491 e. The Morgan fingerprint density at radius 2 is 2.08 bits per heavy atom. The number of halogens is 1. The number of methoxy groups -OCH3 is 2. The number of rotatable bonds is 5. The zero-order valence-corrected chi connectivity index (χ0v) is 15.6. The Balaban J connectivity index is 1.99. The van der Waals surface area contributed by atoms with Gasteiger partial charge in [-0.2, -0.15) is 0 Å². The molecule has 0 aliphatic heterocycles. The molecule has 0 radical (unpaired) electrons. The van der Waals surface area contributed by atoms with E-state index in [2.05, 4.69) is 27.7 Å². The second-order valence-corrected chi connectivity index (χ2v) is 6.45. The summed E-state index contributed by atoms with van der Waals surface area (Å²) in [5, 5.41) is 1.56. The number of hydrogen-bond donors (Lipinski definition) is 1. The van der Waals surface area contributed by atoms with E-state index < -0.39 is 0 Å². The van der Waals surface area contributed by atoms with Crippen LogP contribution in [0.3, 0.4) is 0 Å². The monoisotopic (exact) mass is 370 g/mol. The Bertz CT molecular complexity index is 1100. The zero-order chi connectivity index (χ0) is 18.3. The molecular weight excluding hydrogens is 352 g/mol. The molecular formula is C19H19ClN4O2. The van der Waals surface area contributed by atoms with Crippen molar-refractivity contribution in [1.82, 2.24) is 19.5 Å². The SMILES string of the molecule is CCCn1cc(-c2cc3c(Cl)ccnc3[nH]2)c2nc(OC)c(OC)cc21. The molecule has 0 aromatic carbocycles. The molecule has 0 amide bonds. The summed E-state index contributed by atoms with van der Waals surface area (Å²) < 4.78 is 13.0. The maximum Gasteiger partial charge on any atom is 0.257 e. The highest BCUT2D eigenvalue weighted by molar-refractivity contribution is 6.35. The lowest BCUT2D eigenvalue weighted by atomic mass is 10.2. The van der Waals surface area contributed by atoms with Crippen LogP contribution in [0.4, 0.5) is 0 Å². The summed E-state index contributed by atoms with van der Waals surface area (Å²) in [7, 11) is 3.21. The highest BCUT2D eigenvalue weighted by Crippen LogP contribution is 2.37. The molecule has 0 spiro atoms. The molecule has 0 atom stereocenters. The fourth-order valence-corrected chi connectivity index (χ4v) is 3.43. The van der Waals surface area contributed by atoms with Crippen LogP contribution in [0.15, 0.2) is 30.6 Å². The van der Waals surface area contributed by atoms with Crippen molar-refractivity contribution in [2.24, 2.45) is 0 Å². The Morgan fingerprint density at radius 3 is 2.77 bits per heavy atom. The average Bonchev–Trinajstić information content (AvgIpc) is 3.23. The molecule has 134 valence electrons. The van der Waals surface area contributed by atoms with Crippen LogP contribution in [-0.4, -0.2) is 33.7 Å². The van der Waals surface area contributed by atoms with E-state index in [1.54, 1.807) is 26.5 Å². The molecule has 0 aliphatic carbocycles. The van der Waals surface area contributed by atoms with E-state index >= 15 is 0 Å². The van der Waals surface area contributed by atoms with E-state index in [9.17, 15) is 0 Å². The number of hydrogen-bond acceptors (Lipinski definition) is 4. The van der Waals surface area contributed by atoms with Gasteiger partial charge in [0.2, 0.25) is 0 Å². The van der Waals surface area contributed by atoms with Crippen molar-refractivity contribution < 1.29 is 9.47 Å². The van der Waals surface area contributed by atoms with Crippen LogP contribution in [0.1, 0.15) is 13.3 Å². The van der Waals surface area contributed by atoms with Crippen LogP contribution in [0.5, 0.6) is 11.6 Å². The highest BCUT2D eigenvalue weighted by Gasteiger charge is 2.18. The molecule has 4 aromatic rings. The average molecular weight is 371 g/mol. The number of pyridine rings is 2. The predicted molar refractivity (Wildman–Crippen MR) is 103 cm³/mol. The zero-order valence-electron chi connectivity index (χ0n) is 14.8. The van der Waals surface area contributed by atoms with Crippen molar-refractivity contribution in [2.75, 3.05) is 14.2 Å². The number of nitrogens with zero attached hydrogens (tertiary/aromatic N) is 3. The highest BCUT2D eigenvalue weighted by atomic mass is 35.5. The summed E-state index contributed by atoms with van der Waals surface area (Å²) >= 11 is 6.30. The lowest BCUT2D eigenvalue weighted by Crippen LogP contribution is -1.97. The number of fused-ring (bicyclic) bond motifs is 2. The van der Waals surface area contributed by atoms with Gasteiger partial charge in [0.05, 0.1) is 30.5 Å². The van der Waals surface area contributed by atoms with Crippen molar-refractivity contribution in [3.63, 3.8) is 0 Å². The molecule has 1 N–H and O–H groups in total. The third-order valence-electron chi connectivity index (χ3n) is 4.43. The molecule has 4 rings (SSSR count). The van der Waals surface area contributed by atoms with Gasteiger partial charge in [0.15, 0.2) is 5.75 Å². The number of H-pyrrole nitrogens is 1. The van der Waals surface area contributed by atoms with Gasteiger partial charge in [-0.1, -0.05) is 18.5 Å². The third kappa shape index (κ3) is 2.57. The normalized spacial score (nSPS) is 11.4. The predicted octanol–water partition coefficient (Wildman–Crippen LogP) is 4.66. The minimum absolute atomic E-state index is 0.461. The first-order valence-electron chi connectivity index (χ1n) is 8.41. The number of aryl methyl sites for hydroxylation is 1. The van der Waals surface area contributed by atoms with Gasteiger partial charge in [-0.25, -0.2) is 9.97 Å². The summed E-state index contributed by atoms with van der Waals surface area (Å²) in [5.41, 5.74) is 4.49. The van der Waals surface area contributed by atoms with Gasteiger partial charge in [0.1, 0.15) is 11.2 Å². The lowest BCUT2D eigenvalue weighted by Gasteiger charge is -2.08. The maximum absolute atomic E-state index is 6.30. The number of nitrogens with one attached hydrogen (secondary N) is 1. The standard InChI is InChI=1S/C19H19ClN4O2/c1-4-7-24-10-12(14-8-11-13(20)5-6-21-18(11)22-14)17-15(24)9-16(25-2)19(23-17)26-3/h5-6,8-10H,4,7H2,1-3H3,(H,21,22). The largest absolute Gasteiger partial charge is 0.491 e. The minimum atomic E-state index is 0.461. The Kier molecular flexibility index (Phi) is 4.20. The van der Waals surface area contributed by atoms with Crippen molar-refractivity contribution >= 4 is 33.7 Å². The summed E-state index contributed by atoms with van der Waals surface area (Å²) in [5.74, 6) is 1.08. The Labute approximate surface area is 155 Å². The molecule has 6 nitrogen and oxygen atoms in total. The van der Waals surface area contributed by atoms with Crippen molar-refractivity contribution in [2.45, 2.75) is 19.9 Å². The van der Waals surface area contributed by atoms with Crippen LogP contribution >= 0.6 is 11.6 Å². The molecule has 0 aliphatic rings. The Morgan fingerprint density at radius 1 is 1.23 bits per heavy atom. The van der Waals surface area contributed by atoms with Crippen LogP contribution in [0, 0.1) is 0 Å². The van der Waals surface area contributed by atoms with Gasteiger partial charge in [0, 0.05) is 36.0 Å². The van der Waals surface area contributed by atoms with Gasteiger partial charge in [-0.05, 0) is 18.6 Å². The van der Waals surface area contributed by atoms with Gasteiger partial charge in [0.25, 0.3) is 5.88 Å². The summed E-state index contributed by atoms with van der Waals surface area (Å²) in [6, 6.07) is 5.76. The molecule has 0 fully saturated rings. The van der Waals surface area contributed by atoms with Crippen LogP contribution in [0.25, 0.3) is 33.3 Å². The van der Waals surface area contributed by atoms with E-state index in [-0.39, 0.29) is 0 Å². The van der Waals surface area contributed by atoms with E-state index in [4.69, 9.17) is 26.1 Å². The summed E-state index contributed by atoms with van der Waals surface area (Å²) in [6.45, 7) is 3.03. The van der Waals surface area contributed by atoms with E-state index in [0.29, 0.717) is 16.7 Å². The van der Waals surface area contributed by atoms with Gasteiger partial charge in [-0.3, -0.25) is 0 Å². The van der Waals surface area contributed by atoms with Crippen molar-refractivity contribution in [3.05, 3.63) is 35.6 Å². The first-order valence-corrected chi connectivity index (χ1v) is 8.79. The summed E-state index contributed by atoms with van der Waals surface area (Å²) in [4.78, 5) is 12.4. The molecule has 0 bridgehead atoms. The number of aromatic nitrogens is 4. The molecule has 0 unspecified atom stereocenters. The molecule has 7 heteroatoms. The second kappa shape index (κ2) is 6.53. The smallest absolute Gasteiger partial charge is 0.257 e. The van der Waals surface area contributed by atoms with Gasteiger partial charge in [-0.15, -0.1) is 0 Å². The first-order chi connectivity index (χ1) is 12.7. The van der Waals surface area contributed by atoms with Crippen LogP contribution in [0.2, 0.25) is 5.02 Å². The van der Waals surface area contributed by atoms with Crippen LogP contribution < -0.4 is 9.47 Å².